The van der Waals surface area contributed by atoms with E-state index in [1.807, 2.05) is 39.1 Å². The largest absolute Gasteiger partial charge is 0.279 e. The fourth-order valence-electron chi connectivity index (χ4n) is 2.52. The van der Waals surface area contributed by atoms with Gasteiger partial charge in [-0.15, -0.1) is 0 Å². The van der Waals surface area contributed by atoms with Gasteiger partial charge in [-0.3, -0.25) is 10.0 Å². The average molecular weight is 389 g/mol. The van der Waals surface area contributed by atoms with E-state index in [2.05, 4.69) is 15.0 Å². The number of aliphatic imine (C=N–C) groups is 1. The van der Waals surface area contributed by atoms with E-state index in [-0.39, 0.29) is 4.90 Å². The maximum absolute atomic E-state index is 12.7. The number of benzene rings is 2. The minimum Gasteiger partial charge on any atom is -0.279 e. The summed E-state index contributed by atoms with van der Waals surface area (Å²) in [5.74, 6) is 0. The van der Waals surface area contributed by atoms with Gasteiger partial charge in [-0.25, -0.2) is 13.4 Å². The van der Waals surface area contributed by atoms with Gasteiger partial charge < -0.3 is 0 Å². The zero-order valence-electron chi connectivity index (χ0n) is 15.0. The molecule has 0 aliphatic carbocycles. The van der Waals surface area contributed by atoms with E-state index < -0.39 is 10.0 Å². The molecular formula is C18H20N4O2S2. The molecule has 0 spiro atoms. The summed E-state index contributed by atoms with van der Waals surface area (Å²) in [4.78, 5) is 4.39. The number of thioether (sulfide) groups is 1. The summed E-state index contributed by atoms with van der Waals surface area (Å²) in [5.41, 5.74) is 3.99. The SMILES string of the molecule is CSC(=Nc1ccc(S(=O)(=O)Nc2c(C)cc(C)cc2C)cc1)NC#N. The number of hydrogen-bond donors (Lipinski definition) is 2. The summed E-state index contributed by atoms with van der Waals surface area (Å²) in [6, 6.07) is 10.1. The van der Waals surface area contributed by atoms with Crippen molar-refractivity contribution in [1.82, 2.24) is 5.32 Å². The Balaban J connectivity index is 2.29. The molecule has 0 saturated carbocycles. The molecule has 0 unspecified atom stereocenters. The van der Waals surface area contributed by atoms with Crippen LogP contribution in [0.5, 0.6) is 0 Å². The molecule has 2 rings (SSSR count). The van der Waals surface area contributed by atoms with Gasteiger partial charge in [0.15, 0.2) is 11.4 Å². The number of anilines is 1. The van der Waals surface area contributed by atoms with Crippen molar-refractivity contribution in [3.05, 3.63) is 53.1 Å². The maximum Gasteiger partial charge on any atom is 0.261 e. The van der Waals surface area contributed by atoms with Crippen molar-refractivity contribution >= 4 is 38.3 Å². The van der Waals surface area contributed by atoms with Crippen LogP contribution >= 0.6 is 11.8 Å². The number of sulfonamides is 1. The van der Waals surface area contributed by atoms with Crippen molar-refractivity contribution in [2.75, 3.05) is 11.0 Å². The van der Waals surface area contributed by atoms with Gasteiger partial charge in [0, 0.05) is 0 Å². The number of nitriles is 1. The van der Waals surface area contributed by atoms with Crippen LogP contribution in [0.1, 0.15) is 16.7 Å². The second-order valence-corrected chi connectivity index (χ2v) is 8.21. The van der Waals surface area contributed by atoms with Crippen molar-refractivity contribution in [3.63, 3.8) is 0 Å². The molecule has 2 N–H and O–H groups in total. The van der Waals surface area contributed by atoms with Gasteiger partial charge in [-0.2, -0.15) is 5.26 Å². The van der Waals surface area contributed by atoms with Gasteiger partial charge in [0.1, 0.15) is 0 Å². The lowest BCUT2D eigenvalue weighted by molar-refractivity contribution is 0.601. The fraction of sp³-hybridized carbons (Fsp3) is 0.222. The normalized spacial score (nSPS) is 11.7. The van der Waals surface area contributed by atoms with E-state index in [1.54, 1.807) is 18.4 Å². The number of aryl methyl sites for hydroxylation is 3. The van der Waals surface area contributed by atoms with Gasteiger partial charge in [0.2, 0.25) is 0 Å². The molecule has 8 heteroatoms. The van der Waals surface area contributed by atoms with Crippen molar-refractivity contribution < 1.29 is 8.42 Å². The highest BCUT2D eigenvalue weighted by Crippen LogP contribution is 2.26. The van der Waals surface area contributed by atoms with Gasteiger partial charge in [-0.1, -0.05) is 29.5 Å². The Hall–Kier alpha value is -2.50. The van der Waals surface area contributed by atoms with Crippen LogP contribution in [0.4, 0.5) is 11.4 Å². The molecule has 6 nitrogen and oxygen atoms in total. The molecule has 2 aromatic carbocycles. The van der Waals surface area contributed by atoms with Crippen LogP contribution in [0, 0.1) is 32.2 Å². The van der Waals surface area contributed by atoms with Crippen molar-refractivity contribution in [3.8, 4) is 6.19 Å². The molecule has 0 atom stereocenters. The molecule has 0 aromatic heterocycles. The highest BCUT2D eigenvalue weighted by molar-refractivity contribution is 8.13. The third kappa shape index (κ3) is 4.77. The highest BCUT2D eigenvalue weighted by Gasteiger charge is 2.16. The van der Waals surface area contributed by atoms with E-state index in [0.717, 1.165) is 16.7 Å². The second kappa shape index (κ2) is 8.25. The summed E-state index contributed by atoms with van der Waals surface area (Å²) in [5, 5.41) is 11.6. The van der Waals surface area contributed by atoms with Crippen LogP contribution in [0.3, 0.4) is 0 Å². The van der Waals surface area contributed by atoms with E-state index in [4.69, 9.17) is 5.26 Å². The van der Waals surface area contributed by atoms with Gasteiger partial charge in [-0.05, 0) is 62.4 Å². The van der Waals surface area contributed by atoms with Crippen LogP contribution < -0.4 is 10.0 Å². The van der Waals surface area contributed by atoms with Gasteiger partial charge >= 0.3 is 0 Å². The molecule has 0 aliphatic rings. The van der Waals surface area contributed by atoms with Crippen molar-refractivity contribution in [2.24, 2.45) is 4.99 Å². The number of hydrogen-bond acceptors (Lipinski definition) is 5. The second-order valence-electron chi connectivity index (χ2n) is 5.73. The molecule has 0 fully saturated rings. The van der Waals surface area contributed by atoms with E-state index in [0.29, 0.717) is 16.5 Å². The lowest BCUT2D eigenvalue weighted by Gasteiger charge is -2.14. The molecule has 0 saturated heterocycles. The third-order valence-corrected chi connectivity index (χ3v) is 5.59. The average Bonchev–Trinajstić information content (AvgIpc) is 2.58. The van der Waals surface area contributed by atoms with E-state index >= 15 is 0 Å². The lowest BCUT2D eigenvalue weighted by atomic mass is 10.1. The number of rotatable bonds is 4. The third-order valence-electron chi connectivity index (χ3n) is 3.65. The minimum absolute atomic E-state index is 0.148. The van der Waals surface area contributed by atoms with Crippen molar-refractivity contribution in [1.29, 1.82) is 5.26 Å². The molecule has 0 aliphatic heterocycles. The standard InChI is InChI=1S/C18H20N4O2S2/c1-12-9-13(2)17(14(3)10-12)22-26(23,24)16-7-5-15(6-8-16)21-18(25-4)20-11-19/h5-10,22H,1-4H3,(H,20,21). The first-order valence-electron chi connectivity index (χ1n) is 7.75. The summed E-state index contributed by atoms with van der Waals surface area (Å²) in [7, 11) is -3.70. The quantitative estimate of drug-likeness (QED) is 0.359. The van der Waals surface area contributed by atoms with Crippen LogP contribution in [-0.2, 0) is 10.0 Å². The van der Waals surface area contributed by atoms with Crippen LogP contribution in [-0.4, -0.2) is 19.8 Å². The number of amidine groups is 1. The van der Waals surface area contributed by atoms with Crippen LogP contribution in [0.2, 0.25) is 0 Å². The van der Waals surface area contributed by atoms with Gasteiger partial charge in [0.25, 0.3) is 10.0 Å². The summed E-state index contributed by atoms with van der Waals surface area (Å²) in [6.07, 6.45) is 3.60. The summed E-state index contributed by atoms with van der Waals surface area (Å²) >= 11 is 1.29. The smallest absolute Gasteiger partial charge is 0.261 e. The Morgan fingerprint density at radius 1 is 1.12 bits per heavy atom. The lowest BCUT2D eigenvalue weighted by Crippen LogP contribution is -2.15. The molecule has 0 bridgehead atoms. The fourth-order valence-corrected chi connectivity index (χ4v) is 4.07. The number of nitrogens with zero attached hydrogens (tertiary/aromatic N) is 2. The topological polar surface area (TPSA) is 94.3 Å². The highest BCUT2D eigenvalue weighted by atomic mass is 32.2. The molecular weight excluding hydrogens is 368 g/mol. The van der Waals surface area contributed by atoms with Gasteiger partial charge in [0.05, 0.1) is 16.3 Å². The first kappa shape index (κ1) is 19.8. The Morgan fingerprint density at radius 3 is 2.19 bits per heavy atom. The molecule has 2 aromatic rings. The molecule has 0 amide bonds. The van der Waals surface area contributed by atoms with E-state index in [1.165, 1.54) is 23.9 Å². The summed E-state index contributed by atoms with van der Waals surface area (Å²) < 4.78 is 28.0. The monoisotopic (exact) mass is 388 g/mol. The minimum atomic E-state index is -3.70. The number of nitrogens with one attached hydrogen (secondary N) is 2. The first-order chi connectivity index (χ1) is 12.3. The molecule has 136 valence electrons. The Morgan fingerprint density at radius 2 is 1.69 bits per heavy atom. The zero-order chi connectivity index (χ0) is 19.3. The molecule has 0 radical (unpaired) electrons. The van der Waals surface area contributed by atoms with Crippen molar-refractivity contribution in [2.45, 2.75) is 25.7 Å². The predicted octanol–water partition coefficient (Wildman–Crippen LogP) is 3.83. The van der Waals surface area contributed by atoms with Crippen LogP contribution in [0.25, 0.3) is 0 Å². The Bertz CT molecular complexity index is 952. The summed E-state index contributed by atoms with van der Waals surface area (Å²) in [6.45, 7) is 5.73. The predicted molar refractivity (Wildman–Crippen MR) is 107 cm³/mol. The molecule has 26 heavy (non-hydrogen) atoms. The zero-order valence-corrected chi connectivity index (χ0v) is 16.6. The first-order valence-corrected chi connectivity index (χ1v) is 10.5. The Labute approximate surface area is 158 Å². The van der Waals surface area contributed by atoms with E-state index in [9.17, 15) is 8.42 Å². The maximum atomic E-state index is 12.7. The Kier molecular flexibility index (Phi) is 6.29. The molecule has 0 heterocycles. The van der Waals surface area contributed by atoms with Crippen LogP contribution in [0.15, 0.2) is 46.3 Å².